The number of hydrogen-bond acceptors (Lipinski definition) is 7. The molecule has 0 spiro atoms. The molecule has 2 aliphatic heterocycles. The van der Waals surface area contributed by atoms with Gasteiger partial charge in [-0.25, -0.2) is 0 Å². The molecule has 0 saturated carbocycles. The average Bonchev–Trinajstić information content (AvgIpc) is 2.71. The van der Waals surface area contributed by atoms with E-state index in [9.17, 15) is 10.3 Å². The summed E-state index contributed by atoms with van der Waals surface area (Å²) in [6.07, 6.45) is 3.73. The van der Waals surface area contributed by atoms with E-state index in [1.54, 1.807) is 19.9 Å². The monoisotopic (exact) mass is 410 g/mol. The molecule has 3 N–H and O–H groups in total. The van der Waals surface area contributed by atoms with Crippen molar-refractivity contribution in [3.05, 3.63) is 53.2 Å². The fourth-order valence-electron chi connectivity index (χ4n) is 4.21. The van der Waals surface area contributed by atoms with E-state index in [1.807, 2.05) is 30.3 Å². The van der Waals surface area contributed by atoms with Gasteiger partial charge in [0.25, 0.3) is 0 Å². The maximum atomic E-state index is 10.2. The zero-order valence-electron chi connectivity index (χ0n) is 17.6. The van der Waals surface area contributed by atoms with Gasteiger partial charge in [-0.05, 0) is 42.7 Å². The first-order valence-corrected chi connectivity index (χ1v) is 10.5. The number of likely N-dealkylation sites (tertiary alicyclic amines) is 1. The van der Waals surface area contributed by atoms with E-state index >= 15 is 0 Å². The van der Waals surface area contributed by atoms with Gasteiger partial charge in [0, 0.05) is 38.6 Å². The minimum absolute atomic E-state index is 0.249. The summed E-state index contributed by atoms with van der Waals surface area (Å²) in [5, 5.41) is 31.4. The highest BCUT2D eigenvalue weighted by Gasteiger charge is 2.34. The number of ether oxygens (including phenoxy) is 1. The molecule has 2 heterocycles. The van der Waals surface area contributed by atoms with Crippen molar-refractivity contribution in [3.63, 3.8) is 0 Å². The summed E-state index contributed by atoms with van der Waals surface area (Å²) in [5.41, 5.74) is 3.11. The molecule has 2 saturated heterocycles. The van der Waals surface area contributed by atoms with Gasteiger partial charge in [0.1, 0.15) is 11.4 Å². The molecule has 0 unspecified atom stereocenters. The Labute approximate surface area is 177 Å². The quantitative estimate of drug-likeness (QED) is 0.394. The van der Waals surface area contributed by atoms with Crippen LogP contribution in [0.25, 0.3) is 5.57 Å². The van der Waals surface area contributed by atoms with Gasteiger partial charge in [-0.3, -0.25) is 10.3 Å². The van der Waals surface area contributed by atoms with Crippen LogP contribution in [-0.2, 0) is 10.3 Å². The molecule has 30 heavy (non-hydrogen) atoms. The van der Waals surface area contributed by atoms with Crippen LogP contribution in [0.4, 0.5) is 0 Å². The Kier molecular flexibility index (Phi) is 5.77. The fraction of sp³-hybridized carbons (Fsp3) is 0.478. The predicted octanol–water partition coefficient (Wildman–Crippen LogP) is 2.31. The third kappa shape index (κ3) is 4.33. The van der Waals surface area contributed by atoms with Gasteiger partial charge >= 0.3 is 0 Å². The molecule has 2 fully saturated rings. The maximum absolute atomic E-state index is 10.2. The predicted molar refractivity (Wildman–Crippen MR) is 117 cm³/mol. The Morgan fingerprint density at radius 3 is 2.40 bits per heavy atom. The summed E-state index contributed by atoms with van der Waals surface area (Å²) in [4.78, 5) is 4.64. The number of nitrogens with zero attached hydrogens (tertiary/aromatic N) is 3. The van der Waals surface area contributed by atoms with E-state index in [0.29, 0.717) is 5.92 Å². The molecule has 0 amide bonds. The number of oxime groups is 1. The van der Waals surface area contributed by atoms with Crippen molar-refractivity contribution in [1.29, 1.82) is 5.41 Å². The van der Waals surface area contributed by atoms with Gasteiger partial charge in [0.05, 0.1) is 24.5 Å². The Balaban J connectivity index is 1.48. The molecule has 3 aliphatic rings. The van der Waals surface area contributed by atoms with Gasteiger partial charge in [0.15, 0.2) is 0 Å². The summed E-state index contributed by atoms with van der Waals surface area (Å²) in [5.74, 6) is 0.576. The van der Waals surface area contributed by atoms with E-state index in [2.05, 4.69) is 15.0 Å². The zero-order chi connectivity index (χ0) is 21.3. The van der Waals surface area contributed by atoms with Crippen molar-refractivity contribution in [2.75, 3.05) is 45.9 Å². The van der Waals surface area contributed by atoms with Crippen molar-refractivity contribution in [3.8, 4) is 0 Å². The lowest BCUT2D eigenvalue weighted by Crippen LogP contribution is -2.53. The first-order valence-electron chi connectivity index (χ1n) is 10.5. The normalized spacial score (nSPS) is 22.7. The smallest absolute Gasteiger partial charge is 0.130 e. The molecule has 7 heteroatoms. The number of hydrogen-bond donors (Lipinski definition) is 3. The lowest BCUT2D eigenvalue weighted by atomic mass is 9.89. The number of benzene rings is 1. The van der Waals surface area contributed by atoms with Crippen LogP contribution in [0.15, 0.2) is 47.3 Å². The van der Waals surface area contributed by atoms with Gasteiger partial charge < -0.3 is 20.0 Å². The van der Waals surface area contributed by atoms with Crippen molar-refractivity contribution in [2.24, 2.45) is 11.1 Å². The topological polar surface area (TPSA) is 92.4 Å². The SMILES string of the molecule is CC(C)(O)c1ccc(C2=C/C(=N/O)C(=N)C(N3CC(CN4CCOCC4)C3)=C2)cc1. The summed E-state index contributed by atoms with van der Waals surface area (Å²) >= 11 is 0. The molecular formula is C23H30N4O3. The minimum atomic E-state index is -0.895. The lowest BCUT2D eigenvalue weighted by Gasteiger charge is -2.45. The zero-order valence-corrected chi connectivity index (χ0v) is 17.6. The number of allylic oxidation sites excluding steroid dienone is 4. The Morgan fingerprint density at radius 2 is 1.80 bits per heavy atom. The molecule has 7 nitrogen and oxygen atoms in total. The van der Waals surface area contributed by atoms with Crippen molar-refractivity contribution in [2.45, 2.75) is 19.4 Å². The van der Waals surface area contributed by atoms with Crippen LogP contribution in [0.3, 0.4) is 0 Å². The minimum Gasteiger partial charge on any atom is -0.410 e. The Morgan fingerprint density at radius 1 is 1.13 bits per heavy atom. The van der Waals surface area contributed by atoms with Gasteiger partial charge in [-0.2, -0.15) is 0 Å². The van der Waals surface area contributed by atoms with E-state index in [0.717, 1.165) is 68.3 Å². The van der Waals surface area contributed by atoms with Crippen LogP contribution in [0.2, 0.25) is 0 Å². The van der Waals surface area contributed by atoms with Gasteiger partial charge in [-0.15, -0.1) is 0 Å². The second-order valence-electron chi connectivity index (χ2n) is 8.81. The number of nitrogens with one attached hydrogen (secondary N) is 1. The van der Waals surface area contributed by atoms with Gasteiger partial charge in [-0.1, -0.05) is 29.4 Å². The van der Waals surface area contributed by atoms with E-state index in [4.69, 9.17) is 10.1 Å². The molecule has 1 aliphatic carbocycles. The molecule has 0 bridgehead atoms. The first-order chi connectivity index (χ1) is 14.3. The highest BCUT2D eigenvalue weighted by molar-refractivity contribution is 6.53. The van der Waals surface area contributed by atoms with Crippen LogP contribution in [0.1, 0.15) is 25.0 Å². The largest absolute Gasteiger partial charge is 0.410 e. The summed E-state index contributed by atoms with van der Waals surface area (Å²) < 4.78 is 5.42. The molecular weight excluding hydrogens is 380 g/mol. The van der Waals surface area contributed by atoms with Gasteiger partial charge in [0.2, 0.25) is 0 Å². The van der Waals surface area contributed by atoms with Crippen molar-refractivity contribution in [1.82, 2.24) is 9.80 Å². The van der Waals surface area contributed by atoms with Crippen molar-refractivity contribution < 1.29 is 15.1 Å². The highest BCUT2D eigenvalue weighted by Crippen LogP contribution is 2.30. The van der Waals surface area contributed by atoms with Crippen LogP contribution in [0.5, 0.6) is 0 Å². The molecule has 0 radical (unpaired) electrons. The van der Waals surface area contributed by atoms with E-state index in [-0.39, 0.29) is 11.4 Å². The molecule has 1 aromatic carbocycles. The first kappa shape index (κ1) is 20.8. The van der Waals surface area contributed by atoms with E-state index < -0.39 is 5.60 Å². The van der Waals surface area contributed by atoms with Crippen molar-refractivity contribution >= 4 is 17.0 Å². The molecule has 160 valence electrons. The van der Waals surface area contributed by atoms with E-state index in [1.165, 1.54) is 0 Å². The van der Waals surface area contributed by atoms with Crippen LogP contribution in [0, 0.1) is 11.3 Å². The molecule has 0 atom stereocenters. The maximum Gasteiger partial charge on any atom is 0.130 e. The Hall–Kier alpha value is -2.48. The van der Waals surface area contributed by atoms with Crippen LogP contribution < -0.4 is 0 Å². The standard InChI is InChI=1S/C23H30N4O3/c1-23(2,28)19-5-3-17(4-6-19)18-11-20(25-29)22(24)21(12-18)27-14-16(15-27)13-26-7-9-30-10-8-26/h3-6,11-12,16,24,28-29H,7-10,13-15H2,1-2H3/b24-22?,25-20-. The molecule has 4 rings (SSSR count). The second-order valence-corrected chi connectivity index (χ2v) is 8.81. The highest BCUT2D eigenvalue weighted by atomic mass is 16.5. The van der Waals surface area contributed by atoms with Crippen LogP contribution >= 0.6 is 0 Å². The molecule has 1 aromatic rings. The number of aliphatic hydroxyl groups is 1. The second kappa shape index (κ2) is 8.34. The third-order valence-corrected chi connectivity index (χ3v) is 6.05. The number of morpholine rings is 1. The molecule has 0 aromatic heterocycles. The summed E-state index contributed by atoms with van der Waals surface area (Å²) in [6.45, 7) is 9.97. The third-order valence-electron chi connectivity index (χ3n) is 6.05. The Bertz CT molecular complexity index is 884. The fourth-order valence-corrected chi connectivity index (χ4v) is 4.21. The average molecular weight is 411 g/mol. The lowest BCUT2D eigenvalue weighted by molar-refractivity contribution is 0.0140. The summed E-state index contributed by atoms with van der Waals surface area (Å²) in [7, 11) is 0. The van der Waals surface area contributed by atoms with Crippen LogP contribution in [-0.4, -0.2) is 77.5 Å². The number of rotatable bonds is 5. The summed E-state index contributed by atoms with van der Waals surface area (Å²) in [6, 6.07) is 7.71.